The maximum absolute atomic E-state index is 12.9. The molecule has 0 aliphatic carbocycles. The van der Waals surface area contributed by atoms with E-state index in [-0.39, 0.29) is 23.0 Å². The third-order valence-electron chi connectivity index (χ3n) is 4.80. The smallest absolute Gasteiger partial charge is 0.278 e. The van der Waals surface area contributed by atoms with Gasteiger partial charge in [0.1, 0.15) is 4.32 Å². The summed E-state index contributed by atoms with van der Waals surface area (Å²) in [6.45, 7) is 1.76. The predicted octanol–water partition coefficient (Wildman–Crippen LogP) is 1.86. The molecule has 2 aromatic rings. The van der Waals surface area contributed by atoms with Gasteiger partial charge in [-0.2, -0.15) is 0 Å². The number of thioether (sulfide) groups is 1. The molecule has 0 radical (unpaired) electrons. The second kappa shape index (κ2) is 7.02. The molecule has 1 aromatic carbocycles. The van der Waals surface area contributed by atoms with Crippen LogP contribution in [0.1, 0.15) is 17.7 Å². The molecule has 10 heteroatoms. The second-order valence-electron chi connectivity index (χ2n) is 6.74. The van der Waals surface area contributed by atoms with Crippen LogP contribution in [-0.4, -0.2) is 50.9 Å². The quantitative estimate of drug-likeness (QED) is 0.585. The first-order valence-corrected chi connectivity index (χ1v) is 11.7. The number of hydrogen-bond donors (Lipinski definition) is 1. The Morgan fingerprint density at radius 3 is 2.61 bits per heavy atom. The van der Waals surface area contributed by atoms with Gasteiger partial charge in [-0.15, -0.1) is 0 Å². The first-order chi connectivity index (χ1) is 13.3. The molecule has 2 saturated heterocycles. The molecule has 0 spiro atoms. The van der Waals surface area contributed by atoms with Gasteiger partial charge in [0.25, 0.3) is 11.5 Å². The molecule has 2 fully saturated rings. The Morgan fingerprint density at radius 2 is 1.96 bits per heavy atom. The van der Waals surface area contributed by atoms with E-state index in [0.29, 0.717) is 32.6 Å². The monoisotopic (exact) mass is 435 g/mol. The Bertz CT molecular complexity index is 1160. The van der Waals surface area contributed by atoms with Crippen molar-refractivity contribution in [2.24, 2.45) is 0 Å². The number of rotatable bonds is 3. The van der Waals surface area contributed by atoms with Crippen LogP contribution >= 0.6 is 24.0 Å². The number of H-pyrrole nitrogens is 1. The highest BCUT2D eigenvalue weighted by atomic mass is 32.2. The van der Waals surface area contributed by atoms with Gasteiger partial charge in [-0.25, -0.2) is 13.1 Å². The zero-order chi connectivity index (χ0) is 20.1. The summed E-state index contributed by atoms with van der Waals surface area (Å²) < 4.78 is 25.3. The van der Waals surface area contributed by atoms with Crippen molar-refractivity contribution in [1.29, 1.82) is 0 Å². The van der Waals surface area contributed by atoms with Gasteiger partial charge in [-0.3, -0.25) is 19.6 Å². The molecule has 2 aliphatic heterocycles. The van der Waals surface area contributed by atoms with Crippen LogP contribution in [-0.2, 0) is 14.6 Å². The fourth-order valence-corrected chi connectivity index (χ4v) is 6.48. The highest BCUT2D eigenvalue weighted by Crippen LogP contribution is 2.36. The van der Waals surface area contributed by atoms with Gasteiger partial charge < -0.3 is 0 Å². The summed E-state index contributed by atoms with van der Waals surface area (Å²) in [6, 6.07) is 8.70. The van der Waals surface area contributed by atoms with E-state index in [0.717, 1.165) is 11.8 Å². The average Bonchev–Trinajstić information content (AvgIpc) is 3.24. The van der Waals surface area contributed by atoms with Gasteiger partial charge in [0, 0.05) is 5.69 Å². The summed E-state index contributed by atoms with van der Waals surface area (Å²) in [7, 11) is -3.14. The summed E-state index contributed by atoms with van der Waals surface area (Å²) in [5.41, 5.74) is 1.43. The van der Waals surface area contributed by atoms with Crippen molar-refractivity contribution in [2.75, 3.05) is 11.5 Å². The number of amides is 1. The lowest BCUT2D eigenvalue weighted by Gasteiger charge is -2.20. The number of nitrogens with one attached hydrogen (secondary N) is 1. The Kier molecular flexibility index (Phi) is 4.80. The molecule has 0 unspecified atom stereocenters. The van der Waals surface area contributed by atoms with Crippen molar-refractivity contribution in [2.45, 2.75) is 19.4 Å². The van der Waals surface area contributed by atoms with Gasteiger partial charge in [-0.05, 0) is 31.6 Å². The van der Waals surface area contributed by atoms with E-state index in [2.05, 4.69) is 5.10 Å². The summed E-state index contributed by atoms with van der Waals surface area (Å²) in [5, 5.41) is 3.02. The first-order valence-electron chi connectivity index (χ1n) is 8.61. The van der Waals surface area contributed by atoms with Gasteiger partial charge in [0.05, 0.1) is 33.7 Å². The zero-order valence-electron chi connectivity index (χ0n) is 14.9. The number of carbonyl (C=O) groups is 1. The number of hydrogen-bond acceptors (Lipinski definition) is 6. The molecule has 1 atom stereocenters. The molecule has 7 nitrogen and oxygen atoms in total. The average molecular weight is 436 g/mol. The number of aromatic nitrogens is 2. The van der Waals surface area contributed by atoms with Crippen LogP contribution in [0, 0.1) is 6.92 Å². The Labute approximate surface area is 171 Å². The first kappa shape index (κ1) is 19.2. The molecule has 4 rings (SSSR count). The Balaban J connectivity index is 1.67. The Morgan fingerprint density at radius 1 is 1.25 bits per heavy atom. The molecular weight excluding hydrogens is 418 g/mol. The van der Waals surface area contributed by atoms with Crippen LogP contribution < -0.4 is 5.56 Å². The molecule has 0 saturated carbocycles. The summed E-state index contributed by atoms with van der Waals surface area (Å²) >= 11 is 6.41. The standard InChI is InChI=1S/C18H17N3O4S3/c1-11-14(16(22)21(19-11)12-5-3-2-4-6-12)9-15-17(23)20(18(26)27-15)13-7-8-28(24,25)10-13/h2-6,9,13,19H,7-8,10H2,1H3/b15-9-/t13-/m0/s1. The molecule has 1 N–H and O–H groups in total. The van der Waals surface area contributed by atoms with Crippen LogP contribution in [0.2, 0.25) is 0 Å². The molecule has 28 heavy (non-hydrogen) atoms. The number of carbonyl (C=O) groups excluding carboxylic acids is 1. The van der Waals surface area contributed by atoms with Crippen molar-refractivity contribution in [3.63, 3.8) is 0 Å². The van der Waals surface area contributed by atoms with Crippen molar-refractivity contribution >= 4 is 50.1 Å². The van der Waals surface area contributed by atoms with Gasteiger partial charge >= 0.3 is 0 Å². The van der Waals surface area contributed by atoms with Gasteiger partial charge in [0.2, 0.25) is 0 Å². The predicted molar refractivity (Wildman–Crippen MR) is 113 cm³/mol. The number of thiocarbonyl (C=S) groups is 1. The van der Waals surface area contributed by atoms with Crippen molar-refractivity contribution in [3.05, 3.63) is 56.8 Å². The summed E-state index contributed by atoms with van der Waals surface area (Å²) in [5.74, 6) is -0.355. The molecule has 1 amide bonds. The van der Waals surface area contributed by atoms with E-state index in [1.165, 1.54) is 15.7 Å². The molecule has 3 heterocycles. The minimum Gasteiger partial charge on any atom is -0.295 e. The normalized spacial score (nSPS) is 23.1. The minimum atomic E-state index is -3.14. The van der Waals surface area contributed by atoms with E-state index < -0.39 is 15.9 Å². The molecule has 146 valence electrons. The Hall–Kier alpha value is -2.17. The fourth-order valence-electron chi connectivity index (χ4n) is 3.39. The van der Waals surface area contributed by atoms with E-state index in [4.69, 9.17) is 12.2 Å². The van der Waals surface area contributed by atoms with Crippen LogP contribution in [0.25, 0.3) is 11.8 Å². The third-order valence-corrected chi connectivity index (χ3v) is 7.88. The lowest BCUT2D eigenvalue weighted by Crippen LogP contribution is -2.39. The molecular formula is C18H17N3O4S3. The second-order valence-corrected chi connectivity index (χ2v) is 10.6. The van der Waals surface area contributed by atoms with E-state index in [1.807, 2.05) is 18.2 Å². The SMILES string of the molecule is Cc1[nH]n(-c2ccccc2)c(=O)c1/C=C1\SC(=S)N([C@H]2CCS(=O)(=O)C2)C1=O. The van der Waals surface area contributed by atoms with Crippen molar-refractivity contribution in [1.82, 2.24) is 14.7 Å². The largest absolute Gasteiger partial charge is 0.295 e. The van der Waals surface area contributed by atoms with E-state index in [1.54, 1.807) is 19.1 Å². The summed E-state index contributed by atoms with van der Waals surface area (Å²) in [6.07, 6.45) is 1.92. The number of aryl methyl sites for hydroxylation is 1. The number of benzene rings is 1. The van der Waals surface area contributed by atoms with Crippen LogP contribution in [0.5, 0.6) is 0 Å². The van der Waals surface area contributed by atoms with Gasteiger partial charge in [-0.1, -0.05) is 42.2 Å². The lowest BCUT2D eigenvalue weighted by atomic mass is 10.2. The van der Waals surface area contributed by atoms with E-state index in [9.17, 15) is 18.0 Å². The lowest BCUT2D eigenvalue weighted by molar-refractivity contribution is -0.123. The number of para-hydroxylation sites is 1. The highest BCUT2D eigenvalue weighted by molar-refractivity contribution is 8.26. The summed E-state index contributed by atoms with van der Waals surface area (Å²) in [4.78, 5) is 27.4. The van der Waals surface area contributed by atoms with Crippen LogP contribution in [0.3, 0.4) is 0 Å². The van der Waals surface area contributed by atoms with Crippen LogP contribution in [0.15, 0.2) is 40.0 Å². The van der Waals surface area contributed by atoms with E-state index >= 15 is 0 Å². The highest BCUT2D eigenvalue weighted by Gasteiger charge is 2.42. The van der Waals surface area contributed by atoms with Crippen molar-refractivity contribution in [3.8, 4) is 5.69 Å². The van der Waals surface area contributed by atoms with Crippen molar-refractivity contribution < 1.29 is 13.2 Å². The third kappa shape index (κ3) is 3.36. The zero-order valence-corrected chi connectivity index (χ0v) is 17.4. The molecule has 2 aliphatic rings. The van der Waals surface area contributed by atoms with Gasteiger partial charge in [0.15, 0.2) is 9.84 Å². The number of aromatic amines is 1. The maximum Gasteiger partial charge on any atom is 0.278 e. The maximum atomic E-state index is 12.9. The number of sulfone groups is 1. The minimum absolute atomic E-state index is 0.0620. The fraction of sp³-hybridized carbons (Fsp3) is 0.278. The molecule has 0 bridgehead atoms. The molecule has 1 aromatic heterocycles. The van der Waals surface area contributed by atoms with Crippen LogP contribution in [0.4, 0.5) is 0 Å². The number of nitrogens with zero attached hydrogens (tertiary/aromatic N) is 2. The topological polar surface area (TPSA) is 92.2 Å².